The number of anilines is 1. The normalized spacial score (nSPS) is 14.8. The zero-order valence-corrected chi connectivity index (χ0v) is 12.5. The Bertz CT molecular complexity index is 631. The van der Waals surface area contributed by atoms with E-state index < -0.39 is 10.0 Å². The topological polar surface area (TPSA) is 84.5 Å². The first-order chi connectivity index (χ1) is 9.44. The number of benzene rings is 1. The third-order valence-corrected chi connectivity index (χ3v) is 4.68. The molecule has 1 amide bonds. The number of nitrogens with one attached hydrogen (secondary N) is 2. The summed E-state index contributed by atoms with van der Waals surface area (Å²) in [4.78, 5) is 11.4. The molecule has 1 heterocycles. The standard InChI is InChI=1S/C12H15ClN2O4S/c1-19-5-4-14-20(17,18)9-6-8-2-3-11(16)15-12(8)10(13)7-9/h6-7,14H,2-5H2,1H3,(H,15,16). The first kappa shape index (κ1) is 15.2. The van der Waals surface area contributed by atoms with Crippen LogP contribution in [0.2, 0.25) is 5.02 Å². The van der Waals surface area contributed by atoms with E-state index in [9.17, 15) is 13.2 Å². The van der Waals surface area contributed by atoms with E-state index in [1.165, 1.54) is 19.2 Å². The first-order valence-corrected chi connectivity index (χ1v) is 7.91. The summed E-state index contributed by atoms with van der Waals surface area (Å²) in [5.74, 6) is -0.117. The van der Waals surface area contributed by atoms with Gasteiger partial charge in [-0.05, 0) is 24.1 Å². The fourth-order valence-corrected chi connectivity index (χ4v) is 3.38. The molecule has 0 saturated carbocycles. The molecule has 8 heteroatoms. The molecule has 1 aliphatic heterocycles. The van der Waals surface area contributed by atoms with Crippen molar-refractivity contribution in [3.05, 3.63) is 22.7 Å². The van der Waals surface area contributed by atoms with Crippen LogP contribution in [0, 0.1) is 0 Å². The van der Waals surface area contributed by atoms with Crippen molar-refractivity contribution in [3.63, 3.8) is 0 Å². The number of aryl methyl sites for hydroxylation is 1. The molecule has 1 aliphatic rings. The number of hydrogen-bond donors (Lipinski definition) is 2. The smallest absolute Gasteiger partial charge is 0.240 e. The van der Waals surface area contributed by atoms with Crippen LogP contribution in [0.4, 0.5) is 5.69 Å². The lowest BCUT2D eigenvalue weighted by Gasteiger charge is -2.19. The largest absolute Gasteiger partial charge is 0.383 e. The Kier molecular flexibility index (Phi) is 4.64. The predicted molar refractivity (Wildman–Crippen MR) is 75.5 cm³/mol. The maximum Gasteiger partial charge on any atom is 0.240 e. The summed E-state index contributed by atoms with van der Waals surface area (Å²) in [5, 5.41) is 2.88. The Hall–Kier alpha value is -1.15. The molecular weight excluding hydrogens is 304 g/mol. The van der Waals surface area contributed by atoms with Crippen molar-refractivity contribution in [3.8, 4) is 0 Å². The number of ether oxygens (including phenoxy) is 1. The van der Waals surface area contributed by atoms with Crippen molar-refractivity contribution in [2.45, 2.75) is 17.7 Å². The summed E-state index contributed by atoms with van der Waals surface area (Å²) in [6.07, 6.45) is 0.798. The van der Waals surface area contributed by atoms with E-state index in [1.54, 1.807) is 0 Å². The van der Waals surface area contributed by atoms with Gasteiger partial charge in [-0.1, -0.05) is 11.6 Å². The Morgan fingerprint density at radius 3 is 2.85 bits per heavy atom. The second-order valence-corrected chi connectivity index (χ2v) is 6.55. The number of carbonyl (C=O) groups is 1. The van der Waals surface area contributed by atoms with Crippen LogP contribution in [-0.2, 0) is 26.0 Å². The summed E-state index contributed by atoms with van der Waals surface area (Å²) in [6, 6.07) is 2.87. The van der Waals surface area contributed by atoms with E-state index in [0.29, 0.717) is 18.5 Å². The number of amides is 1. The van der Waals surface area contributed by atoms with Gasteiger partial charge in [-0.2, -0.15) is 0 Å². The molecule has 0 radical (unpaired) electrons. The summed E-state index contributed by atoms with van der Waals surface area (Å²) in [6.45, 7) is 0.470. The summed E-state index contributed by atoms with van der Waals surface area (Å²) < 4.78 is 31.4. The van der Waals surface area contributed by atoms with Crippen LogP contribution in [-0.4, -0.2) is 34.6 Å². The summed E-state index contributed by atoms with van der Waals surface area (Å²) in [7, 11) is -2.14. The maximum atomic E-state index is 12.1. The van der Waals surface area contributed by atoms with Crippen LogP contribution in [0.25, 0.3) is 0 Å². The summed E-state index contributed by atoms with van der Waals surface area (Å²) >= 11 is 6.05. The van der Waals surface area contributed by atoms with Gasteiger partial charge < -0.3 is 10.1 Å². The molecular formula is C12H15ClN2O4S. The quantitative estimate of drug-likeness (QED) is 0.798. The molecule has 1 aromatic rings. The minimum Gasteiger partial charge on any atom is -0.383 e. The monoisotopic (exact) mass is 318 g/mol. The summed E-state index contributed by atoms with van der Waals surface area (Å²) in [5.41, 5.74) is 1.22. The van der Waals surface area contributed by atoms with Crippen molar-refractivity contribution in [1.29, 1.82) is 0 Å². The Balaban J connectivity index is 2.30. The van der Waals surface area contributed by atoms with Crippen molar-refractivity contribution in [2.24, 2.45) is 0 Å². The highest BCUT2D eigenvalue weighted by Gasteiger charge is 2.22. The molecule has 1 aromatic carbocycles. The van der Waals surface area contributed by atoms with E-state index in [-0.39, 0.29) is 29.0 Å². The molecule has 0 unspecified atom stereocenters. The number of rotatable bonds is 5. The van der Waals surface area contributed by atoms with Crippen LogP contribution >= 0.6 is 11.6 Å². The van der Waals surface area contributed by atoms with Crippen LogP contribution < -0.4 is 10.0 Å². The van der Waals surface area contributed by atoms with Gasteiger partial charge >= 0.3 is 0 Å². The van der Waals surface area contributed by atoms with Gasteiger partial charge in [0.2, 0.25) is 15.9 Å². The highest BCUT2D eigenvalue weighted by molar-refractivity contribution is 7.89. The third-order valence-electron chi connectivity index (χ3n) is 2.94. The van der Waals surface area contributed by atoms with Crippen molar-refractivity contribution in [2.75, 3.05) is 25.6 Å². The molecule has 0 aliphatic carbocycles. The Labute approximate surface area is 122 Å². The van der Waals surface area contributed by atoms with Crippen molar-refractivity contribution < 1.29 is 17.9 Å². The molecule has 6 nitrogen and oxygen atoms in total. The van der Waals surface area contributed by atoms with Gasteiger partial charge in [0, 0.05) is 20.1 Å². The van der Waals surface area contributed by atoms with Crippen LogP contribution in [0.3, 0.4) is 0 Å². The molecule has 2 rings (SSSR count). The second kappa shape index (κ2) is 6.09. The van der Waals surface area contributed by atoms with Gasteiger partial charge in [0.15, 0.2) is 0 Å². The first-order valence-electron chi connectivity index (χ1n) is 6.05. The fourth-order valence-electron chi connectivity index (χ4n) is 1.94. The molecule has 0 saturated heterocycles. The Morgan fingerprint density at radius 1 is 1.40 bits per heavy atom. The van der Waals surface area contributed by atoms with Crippen molar-refractivity contribution >= 4 is 33.2 Å². The Morgan fingerprint density at radius 2 is 2.15 bits per heavy atom. The lowest BCUT2D eigenvalue weighted by atomic mass is 10.0. The van der Waals surface area contributed by atoms with Crippen LogP contribution in [0.15, 0.2) is 17.0 Å². The highest BCUT2D eigenvalue weighted by atomic mass is 35.5. The van der Waals surface area contributed by atoms with Gasteiger partial charge in [-0.25, -0.2) is 13.1 Å². The maximum absolute atomic E-state index is 12.1. The van der Waals surface area contributed by atoms with Gasteiger partial charge in [-0.3, -0.25) is 4.79 Å². The zero-order chi connectivity index (χ0) is 14.8. The number of halogens is 1. The molecule has 0 fully saturated rings. The minimum atomic E-state index is -3.63. The minimum absolute atomic E-state index is 0.0912. The fraction of sp³-hybridized carbons (Fsp3) is 0.417. The van der Waals surface area contributed by atoms with Crippen LogP contribution in [0.5, 0.6) is 0 Å². The van der Waals surface area contributed by atoms with Gasteiger partial charge in [0.25, 0.3) is 0 Å². The van der Waals surface area contributed by atoms with E-state index in [2.05, 4.69) is 10.0 Å². The van der Waals surface area contributed by atoms with Gasteiger partial charge in [0.1, 0.15) is 0 Å². The molecule has 0 atom stereocenters. The van der Waals surface area contributed by atoms with Gasteiger partial charge in [0.05, 0.1) is 22.2 Å². The molecule has 0 bridgehead atoms. The zero-order valence-electron chi connectivity index (χ0n) is 10.9. The van der Waals surface area contributed by atoms with Crippen molar-refractivity contribution in [1.82, 2.24) is 4.72 Å². The van der Waals surface area contributed by atoms with E-state index in [0.717, 1.165) is 5.56 Å². The highest BCUT2D eigenvalue weighted by Crippen LogP contribution is 2.33. The van der Waals surface area contributed by atoms with E-state index in [4.69, 9.17) is 16.3 Å². The lowest BCUT2D eigenvalue weighted by molar-refractivity contribution is -0.116. The van der Waals surface area contributed by atoms with Crippen LogP contribution in [0.1, 0.15) is 12.0 Å². The lowest BCUT2D eigenvalue weighted by Crippen LogP contribution is -2.28. The average molecular weight is 319 g/mol. The average Bonchev–Trinajstić information content (AvgIpc) is 2.39. The molecule has 0 aromatic heterocycles. The SMILES string of the molecule is COCCNS(=O)(=O)c1cc(Cl)c2c(c1)CCC(=O)N2. The number of methoxy groups -OCH3 is 1. The molecule has 20 heavy (non-hydrogen) atoms. The van der Waals surface area contributed by atoms with Gasteiger partial charge in [-0.15, -0.1) is 0 Å². The molecule has 0 spiro atoms. The number of carbonyl (C=O) groups excluding carboxylic acids is 1. The third kappa shape index (κ3) is 3.29. The van der Waals surface area contributed by atoms with E-state index >= 15 is 0 Å². The number of fused-ring (bicyclic) bond motifs is 1. The van der Waals surface area contributed by atoms with E-state index in [1.807, 2.05) is 0 Å². The molecule has 110 valence electrons. The number of sulfonamides is 1. The second-order valence-electron chi connectivity index (χ2n) is 4.38. The number of hydrogen-bond acceptors (Lipinski definition) is 4. The predicted octanol–water partition coefficient (Wildman–Crippen LogP) is 1.15. The molecule has 2 N–H and O–H groups in total.